The number of halogens is 2. The van der Waals surface area contributed by atoms with Crippen LogP contribution in [0.15, 0.2) is 6.07 Å². The number of pyridine rings is 1. The molecule has 0 amide bonds. The molecule has 0 bridgehead atoms. The molecule has 1 fully saturated rings. The Bertz CT molecular complexity index is 403. The SMILES string of the molecule is Cc1cc(Cl)c(CN2CC(C)CC(N)C2)c(Cl)n1. The Kier molecular flexibility index (Phi) is 4.49. The summed E-state index contributed by atoms with van der Waals surface area (Å²) in [5.74, 6) is 0.615. The molecule has 0 aliphatic carbocycles. The van der Waals surface area contributed by atoms with Crippen LogP contribution in [0.3, 0.4) is 0 Å². The number of nitrogens with two attached hydrogens (primary N) is 1. The minimum atomic E-state index is 0.240. The average molecular weight is 288 g/mol. The molecule has 2 N–H and O–H groups in total. The molecule has 5 heteroatoms. The van der Waals surface area contributed by atoms with Gasteiger partial charge in [0.25, 0.3) is 0 Å². The highest BCUT2D eigenvalue weighted by atomic mass is 35.5. The van der Waals surface area contributed by atoms with Gasteiger partial charge in [-0.3, -0.25) is 4.90 Å². The van der Waals surface area contributed by atoms with Crippen LogP contribution in [0.2, 0.25) is 10.2 Å². The first-order chi connectivity index (χ1) is 8.45. The Hall–Kier alpha value is -0.350. The minimum Gasteiger partial charge on any atom is -0.327 e. The van der Waals surface area contributed by atoms with Crippen LogP contribution in [0.25, 0.3) is 0 Å². The summed E-state index contributed by atoms with van der Waals surface area (Å²) in [6.07, 6.45) is 1.09. The van der Waals surface area contributed by atoms with Crippen LogP contribution in [-0.4, -0.2) is 29.0 Å². The van der Waals surface area contributed by atoms with Gasteiger partial charge in [0.15, 0.2) is 0 Å². The van der Waals surface area contributed by atoms with Gasteiger partial charge in [-0.1, -0.05) is 30.1 Å². The van der Waals surface area contributed by atoms with Gasteiger partial charge >= 0.3 is 0 Å². The molecule has 1 aromatic rings. The Morgan fingerprint density at radius 1 is 1.44 bits per heavy atom. The Morgan fingerprint density at radius 3 is 2.78 bits per heavy atom. The summed E-state index contributed by atoms with van der Waals surface area (Å²) in [6.45, 7) is 6.77. The van der Waals surface area contributed by atoms with E-state index in [1.165, 1.54) is 0 Å². The van der Waals surface area contributed by atoms with Crippen LogP contribution < -0.4 is 5.73 Å². The highest BCUT2D eigenvalue weighted by Crippen LogP contribution is 2.27. The molecule has 18 heavy (non-hydrogen) atoms. The van der Waals surface area contributed by atoms with E-state index in [0.717, 1.165) is 37.3 Å². The maximum Gasteiger partial charge on any atom is 0.135 e. The van der Waals surface area contributed by atoms with Crippen molar-refractivity contribution in [1.29, 1.82) is 0 Å². The van der Waals surface area contributed by atoms with E-state index in [1.54, 1.807) is 0 Å². The molecule has 1 aliphatic rings. The molecule has 2 unspecified atom stereocenters. The molecule has 2 atom stereocenters. The number of aromatic nitrogens is 1. The molecule has 1 aliphatic heterocycles. The van der Waals surface area contributed by atoms with E-state index in [1.807, 2.05) is 13.0 Å². The Morgan fingerprint density at radius 2 is 2.17 bits per heavy atom. The maximum atomic E-state index is 6.24. The van der Waals surface area contributed by atoms with Crippen molar-refractivity contribution in [2.24, 2.45) is 11.7 Å². The second-order valence-corrected chi connectivity index (χ2v) is 6.08. The van der Waals surface area contributed by atoms with Crippen LogP contribution in [-0.2, 0) is 6.54 Å². The maximum absolute atomic E-state index is 6.24. The van der Waals surface area contributed by atoms with Crippen molar-refractivity contribution < 1.29 is 0 Å². The highest BCUT2D eigenvalue weighted by molar-refractivity contribution is 6.35. The van der Waals surface area contributed by atoms with Crippen molar-refractivity contribution in [2.45, 2.75) is 32.9 Å². The number of hydrogen-bond acceptors (Lipinski definition) is 3. The van der Waals surface area contributed by atoms with Gasteiger partial charge in [0.05, 0.1) is 0 Å². The Labute approximate surface area is 118 Å². The van der Waals surface area contributed by atoms with Gasteiger partial charge < -0.3 is 5.73 Å². The van der Waals surface area contributed by atoms with Crippen molar-refractivity contribution in [2.75, 3.05) is 13.1 Å². The average Bonchev–Trinajstić information content (AvgIpc) is 2.22. The first kappa shape index (κ1) is 14.1. The van der Waals surface area contributed by atoms with Gasteiger partial charge in [-0.15, -0.1) is 0 Å². The van der Waals surface area contributed by atoms with Crippen molar-refractivity contribution >= 4 is 23.2 Å². The fraction of sp³-hybridized carbons (Fsp3) is 0.615. The van der Waals surface area contributed by atoms with Crippen molar-refractivity contribution in [3.63, 3.8) is 0 Å². The fourth-order valence-corrected chi connectivity index (χ4v) is 3.28. The van der Waals surface area contributed by atoms with Gasteiger partial charge in [0.2, 0.25) is 0 Å². The topological polar surface area (TPSA) is 42.1 Å². The molecule has 0 saturated carbocycles. The smallest absolute Gasteiger partial charge is 0.135 e. The lowest BCUT2D eigenvalue weighted by Gasteiger charge is -2.35. The number of hydrogen-bond donors (Lipinski definition) is 1. The third kappa shape index (κ3) is 3.35. The van der Waals surface area contributed by atoms with E-state index in [0.29, 0.717) is 16.1 Å². The number of piperidine rings is 1. The predicted molar refractivity (Wildman–Crippen MR) is 76.0 cm³/mol. The van der Waals surface area contributed by atoms with Crippen molar-refractivity contribution in [3.05, 3.63) is 27.5 Å². The van der Waals surface area contributed by atoms with Gasteiger partial charge in [-0.05, 0) is 25.3 Å². The highest BCUT2D eigenvalue weighted by Gasteiger charge is 2.23. The van der Waals surface area contributed by atoms with E-state index in [4.69, 9.17) is 28.9 Å². The standard InChI is InChI=1S/C13H19Cl2N3/c1-8-3-10(16)6-18(5-8)7-11-12(14)4-9(2)17-13(11)15/h4,8,10H,3,5-7,16H2,1-2H3. The van der Waals surface area contributed by atoms with Crippen LogP contribution in [0.1, 0.15) is 24.6 Å². The molecule has 0 radical (unpaired) electrons. The molecular formula is C13H19Cl2N3. The second-order valence-electron chi connectivity index (χ2n) is 5.31. The molecule has 100 valence electrons. The monoisotopic (exact) mass is 287 g/mol. The first-order valence-corrected chi connectivity index (χ1v) is 7.00. The summed E-state index contributed by atoms with van der Waals surface area (Å²) in [5.41, 5.74) is 7.80. The van der Waals surface area contributed by atoms with Crippen LogP contribution in [0, 0.1) is 12.8 Å². The summed E-state index contributed by atoms with van der Waals surface area (Å²) in [7, 11) is 0. The lowest BCUT2D eigenvalue weighted by Crippen LogP contribution is -2.45. The van der Waals surface area contributed by atoms with E-state index >= 15 is 0 Å². The molecular weight excluding hydrogens is 269 g/mol. The largest absolute Gasteiger partial charge is 0.327 e. The third-order valence-electron chi connectivity index (χ3n) is 3.30. The molecule has 2 heterocycles. The summed E-state index contributed by atoms with van der Waals surface area (Å²) in [5, 5.41) is 1.20. The molecule has 1 saturated heterocycles. The quantitative estimate of drug-likeness (QED) is 0.851. The van der Waals surface area contributed by atoms with Gasteiger partial charge in [0, 0.05) is 42.0 Å². The summed E-state index contributed by atoms with van der Waals surface area (Å²) < 4.78 is 0. The van der Waals surface area contributed by atoms with E-state index < -0.39 is 0 Å². The summed E-state index contributed by atoms with van der Waals surface area (Å²) in [6, 6.07) is 2.10. The fourth-order valence-electron chi connectivity index (χ4n) is 2.63. The van der Waals surface area contributed by atoms with Crippen molar-refractivity contribution in [1.82, 2.24) is 9.88 Å². The minimum absolute atomic E-state index is 0.240. The molecule has 3 nitrogen and oxygen atoms in total. The molecule has 0 spiro atoms. The van der Waals surface area contributed by atoms with E-state index in [9.17, 15) is 0 Å². The van der Waals surface area contributed by atoms with Crippen LogP contribution >= 0.6 is 23.2 Å². The zero-order valence-electron chi connectivity index (χ0n) is 10.8. The number of aryl methyl sites for hydroxylation is 1. The normalized spacial score (nSPS) is 25.4. The van der Waals surface area contributed by atoms with E-state index in [-0.39, 0.29) is 6.04 Å². The van der Waals surface area contributed by atoms with Crippen LogP contribution in [0.5, 0.6) is 0 Å². The number of nitrogens with zero attached hydrogens (tertiary/aromatic N) is 2. The summed E-state index contributed by atoms with van der Waals surface area (Å²) >= 11 is 12.4. The zero-order valence-corrected chi connectivity index (χ0v) is 12.3. The second kappa shape index (κ2) is 5.74. The first-order valence-electron chi connectivity index (χ1n) is 6.25. The molecule has 1 aromatic heterocycles. The van der Waals surface area contributed by atoms with Gasteiger partial charge in [-0.25, -0.2) is 4.98 Å². The lowest BCUT2D eigenvalue weighted by atomic mass is 9.96. The van der Waals surface area contributed by atoms with Gasteiger partial charge in [0.1, 0.15) is 5.15 Å². The van der Waals surface area contributed by atoms with Crippen molar-refractivity contribution in [3.8, 4) is 0 Å². The molecule has 2 rings (SSSR count). The predicted octanol–water partition coefficient (Wildman–Crippen LogP) is 2.87. The lowest BCUT2D eigenvalue weighted by molar-refractivity contribution is 0.158. The molecule has 0 aromatic carbocycles. The van der Waals surface area contributed by atoms with Gasteiger partial charge in [-0.2, -0.15) is 0 Å². The number of likely N-dealkylation sites (tertiary alicyclic amines) is 1. The van der Waals surface area contributed by atoms with Crippen LogP contribution in [0.4, 0.5) is 0 Å². The van der Waals surface area contributed by atoms with E-state index in [2.05, 4.69) is 16.8 Å². The Balaban J connectivity index is 2.14. The third-order valence-corrected chi connectivity index (χ3v) is 3.95. The number of rotatable bonds is 2. The zero-order chi connectivity index (χ0) is 13.3. The summed E-state index contributed by atoms with van der Waals surface area (Å²) in [4.78, 5) is 6.57.